The van der Waals surface area contributed by atoms with E-state index in [1.54, 1.807) is 11.0 Å². The highest BCUT2D eigenvalue weighted by Gasteiger charge is 2.30. The number of guanidine groups is 1. The normalized spacial score (nSPS) is 20.2. The minimum atomic E-state index is 0. The lowest BCUT2D eigenvalue weighted by atomic mass is 9.85. The Morgan fingerprint density at radius 3 is 2.83 bits per heavy atom. The molecule has 3 rings (SSSR count). The van der Waals surface area contributed by atoms with E-state index in [0.29, 0.717) is 18.5 Å². The number of nitrogens with zero attached hydrogens (tertiary/aromatic N) is 5. The summed E-state index contributed by atoms with van der Waals surface area (Å²) in [7, 11) is 4.08. The van der Waals surface area contributed by atoms with Crippen LogP contribution >= 0.6 is 35.6 Å². The van der Waals surface area contributed by atoms with Gasteiger partial charge in [0.05, 0.1) is 0 Å². The second-order valence-electron chi connectivity index (χ2n) is 7.26. The van der Waals surface area contributed by atoms with E-state index in [-0.39, 0.29) is 24.0 Å². The average Bonchev–Trinajstić information content (AvgIpc) is 3.09. The van der Waals surface area contributed by atoms with Gasteiger partial charge in [-0.3, -0.25) is 9.58 Å². The van der Waals surface area contributed by atoms with Crippen molar-refractivity contribution in [1.29, 1.82) is 0 Å². The summed E-state index contributed by atoms with van der Waals surface area (Å²) in [6, 6.07) is 8.59. The van der Waals surface area contributed by atoms with Gasteiger partial charge in [0.25, 0.3) is 0 Å². The second kappa shape index (κ2) is 11.7. The van der Waals surface area contributed by atoms with E-state index in [1.807, 2.05) is 19.2 Å². The number of aromatic nitrogens is 3. The Balaban J connectivity index is 0.00000300. The summed E-state index contributed by atoms with van der Waals surface area (Å²) in [5, 5.41) is 11.7. The van der Waals surface area contributed by atoms with Crippen molar-refractivity contribution < 1.29 is 0 Å². The van der Waals surface area contributed by atoms with Crippen LogP contribution in [0.3, 0.4) is 0 Å². The summed E-state index contributed by atoms with van der Waals surface area (Å²) in [6.45, 7) is 5.34. The molecule has 1 aromatic carbocycles. The van der Waals surface area contributed by atoms with Crippen molar-refractivity contribution in [3.05, 3.63) is 47.0 Å². The van der Waals surface area contributed by atoms with Gasteiger partial charge in [-0.1, -0.05) is 23.7 Å². The van der Waals surface area contributed by atoms with Gasteiger partial charge < -0.3 is 10.6 Å². The van der Waals surface area contributed by atoms with Crippen molar-refractivity contribution >= 4 is 41.5 Å². The van der Waals surface area contributed by atoms with Crippen LogP contribution in [0.5, 0.6) is 0 Å². The number of aliphatic imine (C=N–C) groups is 1. The fourth-order valence-corrected chi connectivity index (χ4v) is 4.07. The second-order valence-corrected chi connectivity index (χ2v) is 7.70. The smallest absolute Gasteiger partial charge is 0.191 e. The zero-order valence-electron chi connectivity index (χ0n) is 17.3. The Kier molecular flexibility index (Phi) is 9.64. The molecule has 1 aromatic heterocycles. The molecule has 2 atom stereocenters. The van der Waals surface area contributed by atoms with Crippen molar-refractivity contribution in [3.63, 3.8) is 0 Å². The molecule has 0 radical (unpaired) electrons. The molecule has 9 heteroatoms. The monoisotopic (exact) mass is 531 g/mol. The van der Waals surface area contributed by atoms with Crippen LogP contribution in [0.25, 0.3) is 0 Å². The van der Waals surface area contributed by atoms with Gasteiger partial charge in [-0.2, -0.15) is 5.10 Å². The number of hydrogen-bond donors (Lipinski definition) is 2. The first-order chi connectivity index (χ1) is 13.6. The number of likely N-dealkylation sites (tertiary alicyclic amines) is 1. The highest BCUT2D eigenvalue weighted by atomic mass is 127. The highest BCUT2D eigenvalue weighted by Crippen LogP contribution is 2.35. The molecule has 7 nitrogen and oxygen atoms in total. The summed E-state index contributed by atoms with van der Waals surface area (Å²) >= 11 is 6.25. The molecule has 1 aliphatic rings. The molecule has 0 bridgehead atoms. The molecule has 2 aromatic rings. The van der Waals surface area contributed by atoms with E-state index in [2.05, 4.69) is 56.7 Å². The predicted molar refractivity (Wildman–Crippen MR) is 129 cm³/mol. The highest BCUT2D eigenvalue weighted by molar-refractivity contribution is 14.0. The molecule has 0 aliphatic carbocycles. The molecule has 2 unspecified atom stereocenters. The van der Waals surface area contributed by atoms with Gasteiger partial charge in [0.1, 0.15) is 18.7 Å². The lowest BCUT2D eigenvalue weighted by Crippen LogP contribution is -2.45. The number of benzene rings is 1. The molecule has 29 heavy (non-hydrogen) atoms. The lowest BCUT2D eigenvalue weighted by molar-refractivity contribution is 0.122. The Morgan fingerprint density at radius 2 is 2.14 bits per heavy atom. The Bertz CT molecular complexity index is 795. The molecule has 0 amide bonds. The molecule has 0 spiro atoms. The quantitative estimate of drug-likeness (QED) is 0.340. The van der Waals surface area contributed by atoms with Gasteiger partial charge in [0, 0.05) is 31.2 Å². The Labute approximate surface area is 195 Å². The third-order valence-electron chi connectivity index (χ3n) is 5.26. The Hall–Kier alpha value is -1.39. The van der Waals surface area contributed by atoms with Gasteiger partial charge in [-0.05, 0) is 57.0 Å². The first-order valence-corrected chi connectivity index (χ1v) is 10.3. The van der Waals surface area contributed by atoms with Gasteiger partial charge in [0.15, 0.2) is 5.96 Å². The Morgan fingerprint density at radius 1 is 1.31 bits per heavy atom. The SMILES string of the molecule is CCNC(=NCc1ncnn1C)NCC1CCCN(C)C1c1cccc(Cl)c1.I. The molecular formula is C20H31ClIN7. The van der Waals surface area contributed by atoms with E-state index < -0.39 is 0 Å². The van der Waals surface area contributed by atoms with Crippen LogP contribution in [0, 0.1) is 5.92 Å². The van der Waals surface area contributed by atoms with E-state index in [1.165, 1.54) is 18.4 Å². The standard InChI is InChI=1S/C20H30ClN7.HI/c1-4-22-20(24-13-18-25-14-26-28(18)3)23-12-16-8-6-10-27(2)19(16)15-7-5-9-17(21)11-15;/h5,7,9,11,14,16,19H,4,6,8,10,12-13H2,1-3H3,(H2,22,23,24);1H. The molecule has 2 N–H and O–H groups in total. The average molecular weight is 532 g/mol. The predicted octanol–water partition coefficient (Wildman–Crippen LogP) is 3.22. The number of hydrogen-bond acceptors (Lipinski definition) is 4. The van der Waals surface area contributed by atoms with Gasteiger partial charge in [0.2, 0.25) is 0 Å². The number of aryl methyl sites for hydroxylation is 1. The summed E-state index contributed by atoms with van der Waals surface area (Å²) in [5.41, 5.74) is 1.28. The molecule has 1 aliphatic heterocycles. The van der Waals surface area contributed by atoms with Crippen LogP contribution in [0.15, 0.2) is 35.6 Å². The van der Waals surface area contributed by atoms with Crippen LogP contribution in [-0.4, -0.2) is 52.3 Å². The maximum Gasteiger partial charge on any atom is 0.191 e. The van der Waals surface area contributed by atoms with Crippen molar-refractivity contribution in [3.8, 4) is 0 Å². The maximum absolute atomic E-state index is 6.25. The summed E-state index contributed by atoms with van der Waals surface area (Å²) in [5.74, 6) is 2.13. The molecule has 0 saturated carbocycles. The topological polar surface area (TPSA) is 70.4 Å². The van der Waals surface area contributed by atoms with E-state index in [9.17, 15) is 0 Å². The number of halogens is 2. The summed E-state index contributed by atoms with van der Waals surface area (Å²) in [4.78, 5) is 11.3. The van der Waals surface area contributed by atoms with E-state index in [4.69, 9.17) is 11.6 Å². The molecule has 1 fully saturated rings. The van der Waals surface area contributed by atoms with Gasteiger partial charge in [-0.25, -0.2) is 9.98 Å². The van der Waals surface area contributed by atoms with Crippen LogP contribution in [0.4, 0.5) is 0 Å². The van der Waals surface area contributed by atoms with Crippen LogP contribution in [-0.2, 0) is 13.6 Å². The van der Waals surface area contributed by atoms with Crippen LogP contribution in [0.2, 0.25) is 5.02 Å². The number of nitrogens with one attached hydrogen (secondary N) is 2. The number of piperidine rings is 1. The molecule has 160 valence electrons. The zero-order chi connectivity index (χ0) is 19.9. The maximum atomic E-state index is 6.25. The van der Waals surface area contributed by atoms with Crippen LogP contribution in [0.1, 0.15) is 37.2 Å². The number of rotatable bonds is 6. The summed E-state index contributed by atoms with van der Waals surface area (Å²) in [6.07, 6.45) is 3.93. The van der Waals surface area contributed by atoms with E-state index in [0.717, 1.165) is 36.4 Å². The minimum absolute atomic E-state index is 0. The molecule has 1 saturated heterocycles. The first kappa shape index (κ1) is 23.9. The van der Waals surface area contributed by atoms with Crippen LogP contribution < -0.4 is 10.6 Å². The van der Waals surface area contributed by atoms with Crippen molar-refractivity contribution in [2.45, 2.75) is 32.4 Å². The van der Waals surface area contributed by atoms with Gasteiger partial charge >= 0.3 is 0 Å². The zero-order valence-corrected chi connectivity index (χ0v) is 20.4. The molecule has 2 heterocycles. The third-order valence-corrected chi connectivity index (χ3v) is 5.49. The third kappa shape index (κ3) is 6.55. The summed E-state index contributed by atoms with van der Waals surface area (Å²) < 4.78 is 1.75. The lowest BCUT2D eigenvalue weighted by Gasteiger charge is -2.40. The first-order valence-electron chi connectivity index (χ1n) is 9.89. The fourth-order valence-electron chi connectivity index (χ4n) is 3.87. The van der Waals surface area contributed by atoms with E-state index >= 15 is 0 Å². The fraction of sp³-hybridized carbons (Fsp3) is 0.550. The van der Waals surface area contributed by atoms with Gasteiger partial charge in [-0.15, -0.1) is 24.0 Å². The van der Waals surface area contributed by atoms with Crippen molar-refractivity contribution in [2.24, 2.45) is 18.0 Å². The van der Waals surface area contributed by atoms with Crippen molar-refractivity contribution in [1.82, 2.24) is 30.3 Å². The molecular weight excluding hydrogens is 501 g/mol. The largest absolute Gasteiger partial charge is 0.357 e. The van der Waals surface area contributed by atoms with Crippen molar-refractivity contribution in [2.75, 3.05) is 26.7 Å². The minimum Gasteiger partial charge on any atom is -0.357 e.